The molecule has 7 nitrogen and oxygen atoms in total. The second kappa shape index (κ2) is 11.3. The lowest BCUT2D eigenvalue weighted by atomic mass is 9.97. The van der Waals surface area contributed by atoms with Crippen LogP contribution in [-0.2, 0) is 14.8 Å². The lowest BCUT2D eigenvalue weighted by Gasteiger charge is -2.36. The largest absolute Gasteiger partial charge is 0.369 e. The molecule has 1 amide bonds. The lowest BCUT2D eigenvalue weighted by molar-refractivity contribution is -0.126. The zero-order chi connectivity index (χ0) is 22.3. The number of hydrogen-bond acceptors (Lipinski definition) is 5. The van der Waals surface area contributed by atoms with Crippen molar-refractivity contribution in [3.8, 4) is 0 Å². The van der Waals surface area contributed by atoms with Crippen molar-refractivity contribution in [3.63, 3.8) is 0 Å². The Morgan fingerprint density at radius 2 is 1.77 bits per heavy atom. The number of rotatable bonds is 9. The smallest absolute Gasteiger partial charge is 0.223 e. The van der Waals surface area contributed by atoms with Crippen molar-refractivity contribution in [2.24, 2.45) is 5.92 Å². The number of anilines is 1. The first-order chi connectivity index (χ1) is 14.9. The van der Waals surface area contributed by atoms with Crippen LogP contribution in [0.1, 0.15) is 38.2 Å². The van der Waals surface area contributed by atoms with E-state index in [4.69, 9.17) is 0 Å². The summed E-state index contributed by atoms with van der Waals surface area (Å²) in [5.41, 5.74) is 2.62. The van der Waals surface area contributed by atoms with Gasteiger partial charge in [0.25, 0.3) is 0 Å². The number of amides is 1. The first-order valence-electron chi connectivity index (χ1n) is 11.7. The molecule has 0 radical (unpaired) electrons. The van der Waals surface area contributed by atoms with Crippen LogP contribution in [0, 0.1) is 12.8 Å². The molecule has 1 aromatic carbocycles. The van der Waals surface area contributed by atoms with E-state index in [2.05, 4.69) is 46.3 Å². The molecule has 2 heterocycles. The number of carbonyl (C=O) groups is 1. The molecule has 0 atom stereocenters. The molecule has 174 valence electrons. The third-order valence-electron chi connectivity index (χ3n) is 6.52. The summed E-state index contributed by atoms with van der Waals surface area (Å²) >= 11 is 0. The number of piperazine rings is 1. The molecular formula is C23H38N4O3S. The highest BCUT2D eigenvalue weighted by atomic mass is 32.2. The van der Waals surface area contributed by atoms with Crippen LogP contribution in [0.3, 0.4) is 0 Å². The van der Waals surface area contributed by atoms with Gasteiger partial charge in [-0.25, -0.2) is 12.7 Å². The third kappa shape index (κ3) is 6.92. The molecule has 0 spiro atoms. The number of benzene rings is 1. The molecule has 0 bridgehead atoms. The first kappa shape index (κ1) is 24.0. The van der Waals surface area contributed by atoms with Gasteiger partial charge in [-0.3, -0.25) is 9.69 Å². The van der Waals surface area contributed by atoms with E-state index >= 15 is 0 Å². The molecular weight excluding hydrogens is 412 g/mol. The highest BCUT2D eigenvalue weighted by Gasteiger charge is 2.29. The molecule has 0 aliphatic carbocycles. The third-order valence-corrected chi connectivity index (χ3v) is 8.40. The fraction of sp³-hybridized carbons (Fsp3) is 0.696. The number of carbonyl (C=O) groups excluding carboxylic acids is 1. The molecule has 1 aromatic rings. The highest BCUT2D eigenvalue weighted by molar-refractivity contribution is 7.89. The quantitative estimate of drug-likeness (QED) is 0.583. The molecule has 2 saturated heterocycles. The van der Waals surface area contributed by atoms with Crippen molar-refractivity contribution in [1.29, 1.82) is 0 Å². The van der Waals surface area contributed by atoms with Gasteiger partial charge in [0, 0.05) is 57.4 Å². The van der Waals surface area contributed by atoms with Gasteiger partial charge in [-0.1, -0.05) is 12.1 Å². The number of nitrogens with one attached hydrogen (secondary N) is 1. The fourth-order valence-electron chi connectivity index (χ4n) is 4.45. The molecule has 2 aliphatic rings. The molecule has 0 saturated carbocycles. The van der Waals surface area contributed by atoms with Crippen molar-refractivity contribution in [2.45, 2.75) is 39.5 Å². The minimum absolute atomic E-state index is 0.0574. The Hall–Kier alpha value is -1.64. The monoisotopic (exact) mass is 450 g/mol. The van der Waals surface area contributed by atoms with E-state index in [1.807, 2.05) is 0 Å². The van der Waals surface area contributed by atoms with Gasteiger partial charge in [0.15, 0.2) is 0 Å². The zero-order valence-electron chi connectivity index (χ0n) is 19.1. The molecule has 1 N–H and O–H groups in total. The summed E-state index contributed by atoms with van der Waals surface area (Å²) in [6.45, 7) is 10.8. The first-order valence-corrected chi connectivity index (χ1v) is 13.3. The summed E-state index contributed by atoms with van der Waals surface area (Å²) in [5, 5.41) is 3.06. The van der Waals surface area contributed by atoms with E-state index in [1.54, 1.807) is 6.92 Å². The van der Waals surface area contributed by atoms with Crippen molar-refractivity contribution in [3.05, 3.63) is 29.8 Å². The topological polar surface area (TPSA) is 73.0 Å². The number of aryl methyl sites for hydroxylation is 1. The van der Waals surface area contributed by atoms with Crippen LogP contribution < -0.4 is 10.2 Å². The maximum Gasteiger partial charge on any atom is 0.223 e. The molecule has 0 aromatic heterocycles. The molecule has 31 heavy (non-hydrogen) atoms. The number of hydrogen-bond donors (Lipinski definition) is 1. The fourth-order valence-corrected chi connectivity index (χ4v) is 5.58. The van der Waals surface area contributed by atoms with Crippen LogP contribution in [0.4, 0.5) is 5.69 Å². The molecule has 3 rings (SSSR count). The summed E-state index contributed by atoms with van der Waals surface area (Å²) in [6.07, 6.45) is 3.30. The number of piperidine rings is 1. The van der Waals surface area contributed by atoms with Crippen molar-refractivity contribution < 1.29 is 13.2 Å². The van der Waals surface area contributed by atoms with E-state index in [0.29, 0.717) is 32.5 Å². The van der Waals surface area contributed by atoms with Gasteiger partial charge in [-0.2, -0.15) is 0 Å². The van der Waals surface area contributed by atoms with Gasteiger partial charge < -0.3 is 10.2 Å². The van der Waals surface area contributed by atoms with Gasteiger partial charge in [-0.15, -0.1) is 0 Å². The second-order valence-corrected chi connectivity index (χ2v) is 11.0. The normalized spacial score (nSPS) is 19.5. The number of nitrogens with zero attached hydrogens (tertiary/aromatic N) is 3. The Morgan fingerprint density at radius 1 is 1.06 bits per heavy atom. The Morgan fingerprint density at radius 3 is 2.42 bits per heavy atom. The van der Waals surface area contributed by atoms with Crippen LogP contribution in [0.5, 0.6) is 0 Å². The Kier molecular flexibility index (Phi) is 8.75. The summed E-state index contributed by atoms with van der Waals surface area (Å²) in [6, 6.07) is 8.71. The van der Waals surface area contributed by atoms with Crippen molar-refractivity contribution in [2.75, 3.05) is 63.0 Å². The van der Waals surface area contributed by atoms with Gasteiger partial charge in [0.1, 0.15) is 0 Å². The SMILES string of the molecule is CCS(=O)(=O)N1CCC(C(=O)NCCCCN2CCN(c3cccc(C)c3)CC2)CC1. The van der Waals surface area contributed by atoms with Crippen LogP contribution >= 0.6 is 0 Å². The predicted octanol–water partition coefficient (Wildman–Crippen LogP) is 2.08. The minimum Gasteiger partial charge on any atom is -0.369 e. The maximum absolute atomic E-state index is 12.4. The summed E-state index contributed by atoms with van der Waals surface area (Å²) in [5.74, 6) is 0.156. The standard InChI is InChI=1S/C23H38N4O3S/c1-3-31(29,30)27-13-9-21(10-14-27)23(28)24-11-4-5-12-25-15-17-26(18-16-25)22-8-6-7-20(2)19-22/h6-8,19,21H,3-5,9-18H2,1-2H3,(H,24,28). The average molecular weight is 451 g/mol. The van der Waals surface area contributed by atoms with Gasteiger partial charge in [0.2, 0.25) is 15.9 Å². The summed E-state index contributed by atoms with van der Waals surface area (Å²) < 4.78 is 25.4. The van der Waals surface area contributed by atoms with Crippen molar-refractivity contribution in [1.82, 2.24) is 14.5 Å². The van der Waals surface area contributed by atoms with Crippen LogP contribution in [0.15, 0.2) is 24.3 Å². The molecule has 8 heteroatoms. The Bertz CT molecular complexity index is 814. The van der Waals surface area contributed by atoms with Crippen LogP contribution in [0.25, 0.3) is 0 Å². The van der Waals surface area contributed by atoms with E-state index in [-0.39, 0.29) is 17.6 Å². The Balaban J connectivity index is 1.26. The van der Waals surface area contributed by atoms with E-state index in [9.17, 15) is 13.2 Å². The molecule has 0 unspecified atom stereocenters. The zero-order valence-corrected chi connectivity index (χ0v) is 19.9. The molecule has 2 fully saturated rings. The minimum atomic E-state index is -3.13. The highest BCUT2D eigenvalue weighted by Crippen LogP contribution is 2.20. The lowest BCUT2D eigenvalue weighted by Crippen LogP contribution is -2.46. The van der Waals surface area contributed by atoms with Gasteiger partial charge >= 0.3 is 0 Å². The number of sulfonamides is 1. The van der Waals surface area contributed by atoms with Crippen LogP contribution in [0.2, 0.25) is 0 Å². The van der Waals surface area contributed by atoms with Gasteiger partial charge in [-0.05, 0) is 63.8 Å². The molecule has 2 aliphatic heterocycles. The predicted molar refractivity (Wildman–Crippen MR) is 126 cm³/mol. The maximum atomic E-state index is 12.4. The van der Waals surface area contributed by atoms with E-state index < -0.39 is 10.0 Å². The van der Waals surface area contributed by atoms with Crippen molar-refractivity contribution >= 4 is 21.6 Å². The van der Waals surface area contributed by atoms with E-state index in [1.165, 1.54) is 15.6 Å². The van der Waals surface area contributed by atoms with E-state index in [0.717, 1.165) is 45.6 Å². The second-order valence-electron chi connectivity index (χ2n) is 8.74. The average Bonchev–Trinajstić information content (AvgIpc) is 2.79. The Labute approximate surface area is 187 Å². The van der Waals surface area contributed by atoms with Crippen LogP contribution in [-0.4, -0.2) is 81.6 Å². The summed E-state index contributed by atoms with van der Waals surface area (Å²) in [7, 11) is -3.13. The van der Waals surface area contributed by atoms with Gasteiger partial charge in [0.05, 0.1) is 5.75 Å². The number of unbranched alkanes of at least 4 members (excludes halogenated alkanes) is 1. The summed E-state index contributed by atoms with van der Waals surface area (Å²) in [4.78, 5) is 17.4.